The molecule has 1 saturated heterocycles. The maximum Gasteiger partial charge on any atom is 0.227 e. The topological polar surface area (TPSA) is 23.6 Å². The molecule has 4 heteroatoms. The van der Waals surface area contributed by atoms with Gasteiger partial charge in [0.2, 0.25) is 5.91 Å². The van der Waals surface area contributed by atoms with Crippen molar-refractivity contribution in [2.24, 2.45) is 5.92 Å². The standard InChI is InChI=1S/C22H33FN2O/c1-3-4-6-18-9-13-24(14-10-18)11-5-12-25-21-16-20(23)17(2)15-19(21)7-8-22(25)26/h15-16,18H,3-14H2,1-2H3. The Morgan fingerprint density at radius 2 is 1.88 bits per heavy atom. The third-order valence-electron chi connectivity index (χ3n) is 6.09. The lowest BCUT2D eigenvalue weighted by atomic mass is 9.91. The van der Waals surface area contributed by atoms with Crippen molar-refractivity contribution in [2.75, 3.05) is 31.1 Å². The van der Waals surface area contributed by atoms with Crippen LogP contribution < -0.4 is 4.90 Å². The third-order valence-corrected chi connectivity index (χ3v) is 6.09. The summed E-state index contributed by atoms with van der Waals surface area (Å²) in [4.78, 5) is 16.7. The number of carbonyl (C=O) groups excluding carboxylic acids is 1. The van der Waals surface area contributed by atoms with Gasteiger partial charge in [-0.15, -0.1) is 0 Å². The van der Waals surface area contributed by atoms with Crippen LogP contribution in [0, 0.1) is 18.7 Å². The van der Waals surface area contributed by atoms with Crippen LogP contribution in [0.3, 0.4) is 0 Å². The lowest BCUT2D eigenvalue weighted by Crippen LogP contribution is -2.39. The lowest BCUT2D eigenvalue weighted by molar-refractivity contribution is -0.118. The van der Waals surface area contributed by atoms with Crippen LogP contribution in [-0.4, -0.2) is 37.0 Å². The first-order valence-corrected chi connectivity index (χ1v) is 10.4. The van der Waals surface area contributed by atoms with E-state index in [9.17, 15) is 9.18 Å². The van der Waals surface area contributed by atoms with Gasteiger partial charge in [-0.05, 0) is 75.4 Å². The fourth-order valence-electron chi connectivity index (χ4n) is 4.38. The Morgan fingerprint density at radius 1 is 1.12 bits per heavy atom. The number of benzene rings is 1. The second-order valence-electron chi connectivity index (χ2n) is 8.06. The van der Waals surface area contributed by atoms with E-state index in [1.54, 1.807) is 13.0 Å². The molecule has 0 aromatic heterocycles. The minimum atomic E-state index is -0.211. The smallest absolute Gasteiger partial charge is 0.227 e. The first-order valence-electron chi connectivity index (χ1n) is 10.4. The monoisotopic (exact) mass is 360 g/mol. The van der Waals surface area contributed by atoms with Gasteiger partial charge in [-0.3, -0.25) is 4.79 Å². The van der Waals surface area contributed by atoms with Crippen molar-refractivity contribution < 1.29 is 9.18 Å². The van der Waals surface area contributed by atoms with Crippen LogP contribution in [-0.2, 0) is 11.2 Å². The molecule has 144 valence electrons. The van der Waals surface area contributed by atoms with Crippen LogP contribution in [0.1, 0.15) is 63.0 Å². The highest BCUT2D eigenvalue weighted by atomic mass is 19.1. The molecule has 0 aliphatic carbocycles. The van der Waals surface area contributed by atoms with E-state index >= 15 is 0 Å². The molecule has 0 spiro atoms. The number of amides is 1. The van der Waals surface area contributed by atoms with Crippen molar-refractivity contribution in [1.29, 1.82) is 0 Å². The number of hydrogen-bond donors (Lipinski definition) is 0. The van der Waals surface area contributed by atoms with Gasteiger partial charge in [0.15, 0.2) is 0 Å². The van der Waals surface area contributed by atoms with Crippen LogP contribution in [0.2, 0.25) is 0 Å². The number of piperidine rings is 1. The highest BCUT2D eigenvalue weighted by Crippen LogP contribution is 2.30. The third kappa shape index (κ3) is 4.64. The van der Waals surface area contributed by atoms with E-state index in [4.69, 9.17) is 0 Å². The molecule has 0 N–H and O–H groups in total. The summed E-state index contributed by atoms with van der Waals surface area (Å²) in [5, 5.41) is 0. The summed E-state index contributed by atoms with van der Waals surface area (Å²) in [5.74, 6) is 0.838. The zero-order valence-electron chi connectivity index (χ0n) is 16.4. The average Bonchev–Trinajstić information content (AvgIpc) is 2.64. The van der Waals surface area contributed by atoms with Gasteiger partial charge in [0, 0.05) is 18.7 Å². The van der Waals surface area contributed by atoms with Crippen molar-refractivity contribution in [3.8, 4) is 0 Å². The maximum absolute atomic E-state index is 14.0. The predicted octanol–water partition coefficient (Wildman–Crippen LogP) is 4.71. The van der Waals surface area contributed by atoms with Gasteiger partial charge in [0.05, 0.1) is 0 Å². The Hall–Kier alpha value is -1.42. The molecule has 3 nitrogen and oxygen atoms in total. The van der Waals surface area contributed by atoms with Gasteiger partial charge in [-0.25, -0.2) is 4.39 Å². The Labute approximate surface area is 157 Å². The number of likely N-dealkylation sites (tertiary alicyclic amines) is 1. The number of rotatable bonds is 7. The molecule has 0 radical (unpaired) electrons. The number of hydrogen-bond acceptors (Lipinski definition) is 2. The minimum Gasteiger partial charge on any atom is -0.312 e. The Kier molecular flexibility index (Phi) is 6.68. The van der Waals surface area contributed by atoms with Crippen molar-refractivity contribution in [3.05, 3.63) is 29.1 Å². The molecule has 2 heterocycles. The van der Waals surface area contributed by atoms with Gasteiger partial charge in [-0.1, -0.05) is 32.3 Å². The molecular formula is C22H33FN2O. The summed E-state index contributed by atoms with van der Waals surface area (Å²) in [5.41, 5.74) is 2.58. The summed E-state index contributed by atoms with van der Waals surface area (Å²) >= 11 is 0. The molecule has 0 bridgehead atoms. The second-order valence-corrected chi connectivity index (χ2v) is 8.06. The van der Waals surface area contributed by atoms with Gasteiger partial charge >= 0.3 is 0 Å². The van der Waals surface area contributed by atoms with E-state index < -0.39 is 0 Å². The molecule has 0 unspecified atom stereocenters. The number of carbonyl (C=O) groups is 1. The zero-order chi connectivity index (χ0) is 18.5. The van der Waals surface area contributed by atoms with E-state index in [0.29, 0.717) is 18.5 Å². The number of halogens is 1. The van der Waals surface area contributed by atoms with Crippen LogP contribution in [0.5, 0.6) is 0 Å². The van der Waals surface area contributed by atoms with Crippen molar-refractivity contribution >= 4 is 11.6 Å². The Bertz CT molecular complexity index is 623. The number of nitrogens with zero attached hydrogens (tertiary/aromatic N) is 2. The summed E-state index contributed by atoms with van der Waals surface area (Å²) in [7, 11) is 0. The molecule has 0 saturated carbocycles. The Balaban J connectivity index is 1.50. The number of fused-ring (bicyclic) bond motifs is 1. The number of anilines is 1. The van der Waals surface area contributed by atoms with Crippen LogP contribution in [0.25, 0.3) is 0 Å². The van der Waals surface area contributed by atoms with Gasteiger partial charge in [0.1, 0.15) is 5.82 Å². The first-order chi connectivity index (χ1) is 12.6. The van der Waals surface area contributed by atoms with Gasteiger partial charge in [0.25, 0.3) is 0 Å². The zero-order valence-corrected chi connectivity index (χ0v) is 16.4. The number of aryl methyl sites for hydroxylation is 2. The molecule has 0 atom stereocenters. The van der Waals surface area contributed by atoms with Gasteiger partial charge < -0.3 is 9.80 Å². The lowest BCUT2D eigenvalue weighted by Gasteiger charge is -2.33. The highest BCUT2D eigenvalue weighted by Gasteiger charge is 2.25. The summed E-state index contributed by atoms with van der Waals surface area (Å²) in [6, 6.07) is 3.46. The normalized spacial score (nSPS) is 19.0. The minimum absolute atomic E-state index is 0.138. The Morgan fingerprint density at radius 3 is 2.62 bits per heavy atom. The van der Waals surface area contributed by atoms with Crippen LogP contribution in [0.4, 0.5) is 10.1 Å². The summed E-state index contributed by atoms with van der Waals surface area (Å²) in [6.07, 6.45) is 8.90. The number of unbranched alkanes of at least 4 members (excludes halogenated alkanes) is 1. The second kappa shape index (κ2) is 8.98. The molecule has 1 amide bonds. The summed E-state index contributed by atoms with van der Waals surface area (Å²) in [6.45, 7) is 8.17. The molecule has 2 aliphatic heterocycles. The summed E-state index contributed by atoms with van der Waals surface area (Å²) < 4.78 is 14.0. The van der Waals surface area contributed by atoms with Crippen molar-refractivity contribution in [2.45, 2.75) is 65.2 Å². The largest absolute Gasteiger partial charge is 0.312 e. The fraction of sp³-hybridized carbons (Fsp3) is 0.682. The maximum atomic E-state index is 14.0. The van der Waals surface area contributed by atoms with Crippen LogP contribution in [0.15, 0.2) is 12.1 Å². The van der Waals surface area contributed by atoms with E-state index in [1.165, 1.54) is 45.2 Å². The highest BCUT2D eigenvalue weighted by molar-refractivity contribution is 5.96. The molecule has 1 fully saturated rings. The van der Waals surface area contributed by atoms with E-state index in [2.05, 4.69) is 11.8 Å². The molecular weight excluding hydrogens is 327 g/mol. The van der Waals surface area contributed by atoms with E-state index in [0.717, 1.165) is 36.6 Å². The quantitative estimate of drug-likeness (QED) is 0.703. The van der Waals surface area contributed by atoms with Crippen LogP contribution >= 0.6 is 0 Å². The van der Waals surface area contributed by atoms with Crippen molar-refractivity contribution in [3.63, 3.8) is 0 Å². The van der Waals surface area contributed by atoms with E-state index in [1.807, 2.05) is 11.0 Å². The van der Waals surface area contributed by atoms with Gasteiger partial charge in [-0.2, -0.15) is 0 Å². The molecule has 1 aromatic rings. The fourth-order valence-corrected chi connectivity index (χ4v) is 4.38. The first kappa shape index (κ1) is 19.3. The molecule has 1 aromatic carbocycles. The predicted molar refractivity (Wildman–Crippen MR) is 105 cm³/mol. The molecule has 3 rings (SSSR count). The SMILES string of the molecule is CCCCC1CCN(CCCN2C(=O)CCc3cc(C)c(F)cc32)CC1. The molecule has 2 aliphatic rings. The van der Waals surface area contributed by atoms with E-state index in [-0.39, 0.29) is 11.7 Å². The average molecular weight is 361 g/mol. The molecule has 26 heavy (non-hydrogen) atoms. The van der Waals surface area contributed by atoms with Crippen molar-refractivity contribution in [1.82, 2.24) is 4.90 Å².